The van der Waals surface area contributed by atoms with Gasteiger partial charge in [-0.05, 0) is 13.3 Å². The Morgan fingerprint density at radius 2 is 1.75 bits per heavy atom. The second-order valence-corrected chi connectivity index (χ2v) is 3.67. The van der Waals surface area contributed by atoms with E-state index in [4.69, 9.17) is 0 Å². The third kappa shape index (κ3) is 3.24. The van der Waals surface area contributed by atoms with Crippen molar-refractivity contribution in [3.05, 3.63) is 35.9 Å². The largest absolute Gasteiger partial charge is 1.00 e. The zero-order chi connectivity index (χ0) is 11.5. The molecule has 1 atom stereocenters. The minimum atomic E-state index is -1.43. The molecule has 0 aliphatic rings. The maximum Gasteiger partial charge on any atom is 1.00 e. The van der Waals surface area contributed by atoms with Crippen molar-refractivity contribution in [3.8, 4) is 0 Å². The first-order valence-electron chi connectivity index (χ1n) is 4.83. The SMILES string of the molecule is CCC(C)(C(=O)[O-])C(=O)c1ccccc1.[K+]. The smallest absolute Gasteiger partial charge is 0.549 e. The van der Waals surface area contributed by atoms with Crippen molar-refractivity contribution in [1.82, 2.24) is 0 Å². The quantitative estimate of drug-likeness (QED) is 0.351. The van der Waals surface area contributed by atoms with Crippen LogP contribution in [-0.2, 0) is 4.79 Å². The molecule has 0 spiro atoms. The molecule has 0 aromatic heterocycles. The van der Waals surface area contributed by atoms with E-state index in [1.807, 2.05) is 0 Å². The predicted octanol–water partition coefficient (Wildman–Crippen LogP) is -1.96. The normalized spacial score (nSPS) is 13.4. The van der Waals surface area contributed by atoms with Crippen molar-refractivity contribution >= 4 is 11.8 Å². The molecule has 1 rings (SSSR count). The van der Waals surface area contributed by atoms with Gasteiger partial charge in [-0.3, -0.25) is 4.79 Å². The van der Waals surface area contributed by atoms with Crippen LogP contribution in [0, 0.1) is 5.41 Å². The first-order valence-corrected chi connectivity index (χ1v) is 4.83. The van der Waals surface area contributed by atoms with Crippen molar-refractivity contribution in [2.45, 2.75) is 20.3 Å². The molecular weight excluding hydrogens is 231 g/mol. The number of rotatable bonds is 4. The summed E-state index contributed by atoms with van der Waals surface area (Å²) < 4.78 is 0. The molecule has 1 aromatic carbocycles. The number of Topliss-reactive ketones (excluding diaryl/α,β-unsaturated/α-hetero) is 1. The first-order chi connectivity index (χ1) is 7.02. The summed E-state index contributed by atoms with van der Waals surface area (Å²) in [5.41, 5.74) is -1.02. The Bertz CT molecular complexity index is 375. The van der Waals surface area contributed by atoms with Gasteiger partial charge in [0.2, 0.25) is 0 Å². The van der Waals surface area contributed by atoms with Crippen LogP contribution in [0.4, 0.5) is 0 Å². The van der Waals surface area contributed by atoms with Crippen LogP contribution in [0.1, 0.15) is 30.6 Å². The number of aliphatic carboxylic acids is 1. The average Bonchev–Trinajstić information content (AvgIpc) is 2.28. The Labute approximate surface area is 138 Å². The third-order valence-corrected chi connectivity index (χ3v) is 2.69. The molecule has 1 aromatic rings. The van der Waals surface area contributed by atoms with Crippen LogP contribution in [0.15, 0.2) is 30.3 Å². The number of carboxylic acids is 1. The molecule has 1 unspecified atom stereocenters. The van der Waals surface area contributed by atoms with Gasteiger partial charge in [-0.15, -0.1) is 0 Å². The van der Waals surface area contributed by atoms with Crippen molar-refractivity contribution < 1.29 is 66.1 Å². The Morgan fingerprint density at radius 1 is 1.25 bits per heavy atom. The summed E-state index contributed by atoms with van der Waals surface area (Å²) in [5.74, 6) is -1.72. The fourth-order valence-corrected chi connectivity index (χ4v) is 1.31. The minimum Gasteiger partial charge on any atom is -0.549 e. The number of carbonyl (C=O) groups is 2. The van der Waals surface area contributed by atoms with Gasteiger partial charge < -0.3 is 9.90 Å². The van der Waals surface area contributed by atoms with Crippen molar-refractivity contribution in [2.75, 3.05) is 0 Å². The van der Waals surface area contributed by atoms with E-state index in [0.717, 1.165) is 0 Å². The molecule has 0 amide bonds. The summed E-state index contributed by atoms with van der Waals surface area (Å²) in [7, 11) is 0. The maximum absolute atomic E-state index is 11.9. The number of ketones is 1. The summed E-state index contributed by atoms with van der Waals surface area (Å²) >= 11 is 0. The summed E-state index contributed by atoms with van der Waals surface area (Å²) in [4.78, 5) is 22.9. The van der Waals surface area contributed by atoms with Gasteiger partial charge in [-0.1, -0.05) is 37.3 Å². The first kappa shape index (κ1) is 16.0. The topological polar surface area (TPSA) is 57.2 Å². The van der Waals surface area contributed by atoms with E-state index in [-0.39, 0.29) is 57.8 Å². The summed E-state index contributed by atoms with van der Waals surface area (Å²) in [6.07, 6.45) is 0.225. The molecule has 0 saturated heterocycles. The van der Waals surface area contributed by atoms with Gasteiger partial charge >= 0.3 is 51.4 Å². The molecule has 0 N–H and O–H groups in total. The molecule has 0 bridgehead atoms. The number of carbonyl (C=O) groups excluding carboxylic acids is 2. The Morgan fingerprint density at radius 3 is 2.12 bits per heavy atom. The monoisotopic (exact) mass is 244 g/mol. The predicted molar refractivity (Wildman–Crippen MR) is 54.2 cm³/mol. The van der Waals surface area contributed by atoms with E-state index in [9.17, 15) is 14.7 Å². The number of benzene rings is 1. The molecule has 0 aliphatic carbocycles. The second-order valence-electron chi connectivity index (χ2n) is 3.67. The molecule has 0 aliphatic heterocycles. The zero-order valence-corrected chi connectivity index (χ0v) is 12.9. The van der Waals surface area contributed by atoms with E-state index in [2.05, 4.69) is 0 Å². The van der Waals surface area contributed by atoms with Gasteiger partial charge in [-0.2, -0.15) is 0 Å². The molecule has 0 saturated carbocycles. The van der Waals surface area contributed by atoms with E-state index in [0.29, 0.717) is 5.56 Å². The van der Waals surface area contributed by atoms with Gasteiger partial charge in [0.25, 0.3) is 0 Å². The molecule has 4 heteroatoms. The summed E-state index contributed by atoms with van der Waals surface area (Å²) in [6, 6.07) is 8.41. The number of carboxylic acid groups (broad SMARTS) is 1. The minimum absolute atomic E-state index is 0. The van der Waals surface area contributed by atoms with Crippen LogP contribution < -0.4 is 56.5 Å². The van der Waals surface area contributed by atoms with Crippen molar-refractivity contribution in [1.29, 1.82) is 0 Å². The summed E-state index contributed by atoms with van der Waals surface area (Å²) in [6.45, 7) is 3.06. The van der Waals surface area contributed by atoms with Gasteiger partial charge in [0.1, 0.15) is 0 Å². The van der Waals surface area contributed by atoms with Crippen LogP contribution in [0.2, 0.25) is 0 Å². The number of hydrogen-bond donors (Lipinski definition) is 0. The molecule has 0 heterocycles. The van der Waals surface area contributed by atoms with E-state index in [1.54, 1.807) is 37.3 Å². The Kier molecular flexibility index (Phi) is 6.66. The maximum atomic E-state index is 11.9. The van der Waals surface area contributed by atoms with Crippen molar-refractivity contribution in [3.63, 3.8) is 0 Å². The molecule has 0 radical (unpaired) electrons. The fraction of sp³-hybridized carbons (Fsp3) is 0.333. The second kappa shape index (κ2) is 6.66. The van der Waals surface area contributed by atoms with E-state index in [1.165, 1.54) is 6.92 Å². The molecule has 80 valence electrons. The van der Waals surface area contributed by atoms with Gasteiger partial charge in [-0.25, -0.2) is 0 Å². The van der Waals surface area contributed by atoms with Gasteiger partial charge in [0.15, 0.2) is 5.78 Å². The molecule has 0 fully saturated rings. The van der Waals surface area contributed by atoms with Gasteiger partial charge in [0.05, 0.1) is 11.4 Å². The third-order valence-electron chi connectivity index (χ3n) is 2.69. The van der Waals surface area contributed by atoms with E-state index < -0.39 is 17.2 Å². The average molecular weight is 244 g/mol. The Balaban J connectivity index is 0.00000225. The molecular formula is C12H13KO3. The van der Waals surface area contributed by atoms with Crippen LogP contribution in [0.3, 0.4) is 0 Å². The summed E-state index contributed by atoms with van der Waals surface area (Å²) in [5, 5.41) is 10.9. The van der Waals surface area contributed by atoms with Crippen LogP contribution in [0.5, 0.6) is 0 Å². The zero-order valence-electron chi connectivity index (χ0n) is 9.82. The van der Waals surface area contributed by atoms with Gasteiger partial charge in [0, 0.05) is 5.56 Å². The van der Waals surface area contributed by atoms with Crippen molar-refractivity contribution in [2.24, 2.45) is 5.41 Å². The van der Waals surface area contributed by atoms with E-state index >= 15 is 0 Å². The standard InChI is InChI=1S/C12H14O3.K/c1-3-12(2,11(14)15)10(13)9-7-5-4-6-8-9;/h4-8H,3H2,1-2H3,(H,14,15);/q;+1/p-1. The fourth-order valence-electron chi connectivity index (χ4n) is 1.31. The molecule has 3 nitrogen and oxygen atoms in total. The number of hydrogen-bond acceptors (Lipinski definition) is 3. The van der Waals surface area contributed by atoms with Crippen LogP contribution in [0.25, 0.3) is 0 Å². The Hall–Kier alpha value is -0.00364. The van der Waals surface area contributed by atoms with Crippen LogP contribution >= 0.6 is 0 Å². The molecule has 16 heavy (non-hydrogen) atoms. The van der Waals surface area contributed by atoms with Crippen LogP contribution in [-0.4, -0.2) is 11.8 Å².